The number of hydrogen-bond acceptors (Lipinski definition) is 12. The molecule has 4 atom stereocenters. The first kappa shape index (κ1) is 48.3. The molecule has 9 rings (SSSR count). The summed E-state index contributed by atoms with van der Waals surface area (Å²) in [6.45, 7) is 8.66. The molecule has 0 spiro atoms. The number of halogens is 6. The van der Waals surface area contributed by atoms with Gasteiger partial charge in [-0.25, -0.2) is 18.6 Å². The van der Waals surface area contributed by atoms with Gasteiger partial charge in [-0.2, -0.15) is 23.1 Å². The zero-order valence-corrected chi connectivity index (χ0v) is 40.1. The Kier molecular flexibility index (Phi) is 13.2. The number of benzene rings is 3. The smallest absolute Gasteiger partial charge is 0.418 e. The molecule has 69 heavy (non-hydrogen) atoms. The summed E-state index contributed by atoms with van der Waals surface area (Å²) in [6, 6.07) is 16.0. The van der Waals surface area contributed by atoms with Crippen molar-refractivity contribution in [2.45, 2.75) is 95.6 Å². The zero-order valence-electron chi connectivity index (χ0n) is 39.3. The van der Waals surface area contributed by atoms with Crippen LogP contribution < -0.4 is 24.0 Å². The van der Waals surface area contributed by atoms with Gasteiger partial charge in [-0.1, -0.05) is 35.9 Å². The van der Waals surface area contributed by atoms with E-state index in [2.05, 4.69) is 14.9 Å². The molecular weight excluding hydrogens is 925 g/mol. The van der Waals surface area contributed by atoms with Crippen molar-refractivity contribution in [2.75, 3.05) is 70.0 Å². The van der Waals surface area contributed by atoms with Crippen molar-refractivity contribution in [3.8, 4) is 28.8 Å². The number of aryl methyl sites for hydroxylation is 1. The highest BCUT2D eigenvalue weighted by Crippen LogP contribution is 2.47. The number of piperazine rings is 1. The van der Waals surface area contributed by atoms with Crippen LogP contribution in [0.25, 0.3) is 22.2 Å². The fraction of sp³-hybridized carbons (Fsp3) is 0.480. The molecule has 2 aromatic heterocycles. The van der Waals surface area contributed by atoms with Gasteiger partial charge in [0, 0.05) is 44.5 Å². The summed E-state index contributed by atoms with van der Waals surface area (Å²) in [5, 5.41) is -0.261. The maximum absolute atomic E-state index is 18.0. The van der Waals surface area contributed by atoms with Gasteiger partial charge >= 0.3 is 18.3 Å². The van der Waals surface area contributed by atoms with Crippen LogP contribution in [0.3, 0.4) is 0 Å². The lowest BCUT2D eigenvalue weighted by atomic mass is 9.95. The number of rotatable bonds is 12. The number of nitrogens with zero attached hydrogens (tertiary/aromatic N) is 7. The van der Waals surface area contributed by atoms with E-state index in [-0.39, 0.29) is 98.1 Å². The lowest BCUT2D eigenvalue weighted by Crippen LogP contribution is -2.66. The van der Waals surface area contributed by atoms with E-state index in [0.717, 1.165) is 17.5 Å². The molecular formula is C50H55ClF5N7O6. The fourth-order valence-corrected chi connectivity index (χ4v) is 10.5. The highest BCUT2D eigenvalue weighted by molar-refractivity contribution is 6.34. The Morgan fingerprint density at radius 2 is 1.54 bits per heavy atom. The molecule has 0 radical (unpaired) electrons. The SMILES string of the molecule is COc1ccc(CN(Cc2ccc(OC)cc2)c2cc(C)c(C(F)(F)F)c(-c3c(Cl)cc4c(N5C6COCC5CN(C(=O)OC(C)(C)C)C6)nc(OC[C@@]56CCCN5C[C@H](F)C6)nc4c3F)n2)cc1. The Morgan fingerprint density at radius 1 is 0.913 bits per heavy atom. The van der Waals surface area contributed by atoms with Crippen molar-refractivity contribution in [1.29, 1.82) is 0 Å². The van der Waals surface area contributed by atoms with Crippen LogP contribution in [0, 0.1) is 12.7 Å². The minimum atomic E-state index is -5.00. The second kappa shape index (κ2) is 18.9. The van der Waals surface area contributed by atoms with Crippen molar-refractivity contribution < 1.29 is 50.4 Å². The number of morpholine rings is 1. The van der Waals surface area contributed by atoms with Crippen LogP contribution in [0.1, 0.15) is 62.3 Å². The zero-order chi connectivity index (χ0) is 49.0. The first-order valence-electron chi connectivity index (χ1n) is 23.0. The summed E-state index contributed by atoms with van der Waals surface area (Å²) >= 11 is 7.06. The summed E-state index contributed by atoms with van der Waals surface area (Å²) in [5.41, 5.74) is -2.84. The Balaban J connectivity index is 1.18. The molecule has 4 aliphatic heterocycles. The maximum Gasteiger partial charge on any atom is 0.418 e. The van der Waals surface area contributed by atoms with Crippen LogP contribution in [-0.4, -0.2) is 120 Å². The Labute approximate surface area is 402 Å². The number of carbonyl (C=O) groups is 1. The van der Waals surface area contributed by atoms with Gasteiger partial charge in [-0.15, -0.1) is 0 Å². The average Bonchev–Trinajstić information content (AvgIpc) is 3.82. The van der Waals surface area contributed by atoms with Crippen molar-refractivity contribution in [1.82, 2.24) is 24.8 Å². The number of alkyl halides is 4. The number of pyridine rings is 1. The molecule has 4 fully saturated rings. The molecule has 3 aromatic carbocycles. The highest BCUT2D eigenvalue weighted by atomic mass is 35.5. The molecule has 368 valence electrons. The van der Waals surface area contributed by atoms with E-state index in [9.17, 15) is 9.18 Å². The summed E-state index contributed by atoms with van der Waals surface area (Å²) < 4.78 is 108. The predicted molar refractivity (Wildman–Crippen MR) is 251 cm³/mol. The number of carbonyl (C=O) groups excluding carboxylic acids is 1. The Hall–Kier alpha value is -5.72. The van der Waals surface area contributed by atoms with Crippen LogP contribution in [-0.2, 0) is 28.7 Å². The van der Waals surface area contributed by atoms with Gasteiger partial charge in [0.05, 0.1) is 66.9 Å². The highest BCUT2D eigenvalue weighted by Gasteiger charge is 2.50. The molecule has 2 bridgehead atoms. The van der Waals surface area contributed by atoms with Gasteiger partial charge < -0.3 is 38.4 Å². The molecule has 1 amide bonds. The molecule has 4 saturated heterocycles. The van der Waals surface area contributed by atoms with Gasteiger partial charge in [0.1, 0.15) is 47.0 Å². The second-order valence-corrected chi connectivity index (χ2v) is 19.8. The standard InChI is InChI=1S/C50H55ClF5N7O6/c1-29-18-39(60(21-30-8-12-35(65-5)13-9-30)22-31-10-14-36(66-6)15-11-31)57-44(41(29)50(54,55)56)40-38(51)19-37-43(42(40)53)58-46(68-28-49-16-7-17-62(49)23-32(52)20-49)59-45(37)63-33-24-61(25-34(63)27-67-26-33)47(64)69-48(2,3)4/h8-15,18-19,32-34H,7,16-17,20-28H2,1-6H3/t32-,33?,34?,49+/m1/s1. The van der Waals surface area contributed by atoms with E-state index in [0.29, 0.717) is 24.5 Å². The normalized spacial score (nSPS) is 21.7. The molecule has 4 aliphatic rings. The van der Waals surface area contributed by atoms with Crippen molar-refractivity contribution in [3.05, 3.63) is 93.8 Å². The van der Waals surface area contributed by atoms with Crippen LogP contribution in [0.15, 0.2) is 60.7 Å². The van der Waals surface area contributed by atoms with E-state index in [1.165, 1.54) is 19.1 Å². The summed E-state index contributed by atoms with van der Waals surface area (Å²) in [5.74, 6) is 0.402. The molecule has 2 unspecified atom stereocenters. The topological polar surface area (TPSA) is 115 Å². The molecule has 13 nitrogen and oxygen atoms in total. The van der Waals surface area contributed by atoms with Crippen LogP contribution in [0.2, 0.25) is 5.02 Å². The molecule has 5 aromatic rings. The minimum Gasteiger partial charge on any atom is -0.497 e. The average molecular weight is 980 g/mol. The Bertz CT molecular complexity index is 2650. The van der Waals surface area contributed by atoms with E-state index in [4.69, 9.17) is 40.3 Å². The van der Waals surface area contributed by atoms with Gasteiger partial charge in [0.15, 0.2) is 5.82 Å². The first-order valence-corrected chi connectivity index (χ1v) is 23.4. The van der Waals surface area contributed by atoms with E-state index < -0.39 is 64.3 Å². The third-order valence-corrected chi connectivity index (χ3v) is 13.6. The largest absolute Gasteiger partial charge is 0.497 e. The molecule has 6 heterocycles. The van der Waals surface area contributed by atoms with Gasteiger partial charge in [0.25, 0.3) is 0 Å². The Morgan fingerprint density at radius 3 is 2.12 bits per heavy atom. The van der Waals surface area contributed by atoms with Gasteiger partial charge in [-0.3, -0.25) is 4.90 Å². The molecule has 0 N–H and O–H groups in total. The van der Waals surface area contributed by atoms with E-state index in [1.807, 2.05) is 29.2 Å². The van der Waals surface area contributed by atoms with Gasteiger partial charge in [0.2, 0.25) is 0 Å². The van der Waals surface area contributed by atoms with E-state index >= 15 is 17.6 Å². The first-order chi connectivity index (χ1) is 32.8. The maximum atomic E-state index is 18.0. The van der Waals surface area contributed by atoms with Crippen molar-refractivity contribution in [3.63, 3.8) is 0 Å². The quantitative estimate of drug-likeness (QED) is 0.111. The van der Waals surface area contributed by atoms with Gasteiger partial charge in [-0.05, 0) is 100 Å². The second-order valence-electron chi connectivity index (χ2n) is 19.3. The fourth-order valence-electron chi connectivity index (χ4n) is 10.2. The number of aromatic nitrogens is 3. The lowest BCUT2D eigenvalue weighted by molar-refractivity contribution is -0.137. The monoisotopic (exact) mass is 979 g/mol. The van der Waals surface area contributed by atoms with Crippen molar-refractivity contribution in [2.24, 2.45) is 0 Å². The molecule has 19 heteroatoms. The van der Waals surface area contributed by atoms with Crippen LogP contribution in [0.5, 0.6) is 17.5 Å². The number of fused-ring (bicyclic) bond motifs is 4. The predicted octanol–water partition coefficient (Wildman–Crippen LogP) is 9.82. The molecule has 0 aliphatic carbocycles. The lowest BCUT2D eigenvalue weighted by Gasteiger charge is -2.50. The number of hydrogen-bond donors (Lipinski definition) is 0. The van der Waals surface area contributed by atoms with E-state index in [1.54, 1.807) is 69.1 Å². The number of anilines is 2. The summed E-state index contributed by atoms with van der Waals surface area (Å²) in [4.78, 5) is 34.8. The number of methoxy groups -OCH3 is 2. The number of amides is 1. The summed E-state index contributed by atoms with van der Waals surface area (Å²) in [6.07, 6.45) is -4.80. The summed E-state index contributed by atoms with van der Waals surface area (Å²) in [7, 11) is 3.10. The minimum absolute atomic E-state index is 0.00205. The van der Waals surface area contributed by atoms with Crippen LogP contribution in [0.4, 0.5) is 38.4 Å². The third-order valence-electron chi connectivity index (χ3n) is 13.4. The van der Waals surface area contributed by atoms with Crippen molar-refractivity contribution >= 4 is 40.2 Å². The van der Waals surface area contributed by atoms with Crippen LogP contribution >= 0.6 is 11.6 Å². The molecule has 0 saturated carbocycles. The number of ether oxygens (including phenoxy) is 5. The third kappa shape index (κ3) is 9.89.